The van der Waals surface area contributed by atoms with Gasteiger partial charge in [-0.25, -0.2) is 9.18 Å². The van der Waals surface area contributed by atoms with E-state index in [1.165, 1.54) is 23.9 Å². The summed E-state index contributed by atoms with van der Waals surface area (Å²) in [6.07, 6.45) is 5.15. The molecule has 0 spiro atoms. The van der Waals surface area contributed by atoms with Gasteiger partial charge in [-0.15, -0.1) is 24.1 Å². The van der Waals surface area contributed by atoms with Crippen LogP contribution in [0.4, 0.5) is 4.39 Å². The van der Waals surface area contributed by atoms with E-state index in [-0.39, 0.29) is 24.6 Å². The van der Waals surface area contributed by atoms with Crippen LogP contribution in [0.3, 0.4) is 0 Å². The molecule has 0 heterocycles. The Morgan fingerprint density at radius 2 is 2.05 bits per heavy atom. The maximum absolute atomic E-state index is 12.7. The fraction of sp³-hybridized carbons (Fsp3) is 0.286. The number of hydrogen-bond acceptors (Lipinski definition) is 3. The second kappa shape index (κ2) is 8.23. The van der Waals surface area contributed by atoms with Crippen LogP contribution in [0.25, 0.3) is 0 Å². The van der Waals surface area contributed by atoms with E-state index in [2.05, 4.69) is 11.2 Å². The quantitative estimate of drug-likeness (QED) is 0.595. The van der Waals surface area contributed by atoms with Gasteiger partial charge in [-0.1, -0.05) is 0 Å². The van der Waals surface area contributed by atoms with Gasteiger partial charge in [0.25, 0.3) is 0 Å². The van der Waals surface area contributed by atoms with Gasteiger partial charge in [-0.05, 0) is 24.3 Å². The highest BCUT2D eigenvalue weighted by Crippen LogP contribution is 2.18. The molecule has 1 rings (SSSR count). The van der Waals surface area contributed by atoms with Gasteiger partial charge in [0, 0.05) is 23.5 Å². The van der Waals surface area contributed by atoms with Crippen molar-refractivity contribution < 1.29 is 19.1 Å². The van der Waals surface area contributed by atoms with E-state index in [0.29, 0.717) is 5.75 Å². The van der Waals surface area contributed by atoms with Gasteiger partial charge >= 0.3 is 5.97 Å². The molecule has 0 aromatic heterocycles. The van der Waals surface area contributed by atoms with E-state index in [9.17, 15) is 14.0 Å². The van der Waals surface area contributed by atoms with Crippen molar-refractivity contribution in [3.05, 3.63) is 30.1 Å². The SMILES string of the molecule is C#CCC(NC(=O)CCSc1ccc(F)cc1)C(=O)O. The summed E-state index contributed by atoms with van der Waals surface area (Å²) in [7, 11) is 0. The Morgan fingerprint density at radius 1 is 1.40 bits per heavy atom. The number of carboxylic acids is 1. The van der Waals surface area contributed by atoms with E-state index < -0.39 is 12.0 Å². The summed E-state index contributed by atoms with van der Waals surface area (Å²) >= 11 is 1.39. The van der Waals surface area contributed by atoms with E-state index in [1.807, 2.05) is 0 Å². The molecule has 4 nitrogen and oxygen atoms in total. The van der Waals surface area contributed by atoms with Crippen LogP contribution in [0.15, 0.2) is 29.2 Å². The minimum Gasteiger partial charge on any atom is -0.480 e. The third kappa shape index (κ3) is 5.76. The Bertz CT molecular complexity index is 510. The third-order valence-electron chi connectivity index (χ3n) is 2.37. The Hall–Kier alpha value is -2.00. The van der Waals surface area contributed by atoms with E-state index >= 15 is 0 Å². The molecule has 0 aliphatic heterocycles. The van der Waals surface area contributed by atoms with Crippen molar-refractivity contribution >= 4 is 23.6 Å². The number of rotatable bonds is 7. The summed E-state index contributed by atoms with van der Waals surface area (Å²) in [5.41, 5.74) is 0. The van der Waals surface area contributed by atoms with Crippen LogP contribution in [0.2, 0.25) is 0 Å². The average Bonchev–Trinajstić information content (AvgIpc) is 2.40. The lowest BCUT2D eigenvalue weighted by molar-refractivity contribution is -0.141. The van der Waals surface area contributed by atoms with Crippen LogP contribution in [-0.4, -0.2) is 28.8 Å². The largest absolute Gasteiger partial charge is 0.480 e. The zero-order chi connectivity index (χ0) is 15.0. The maximum Gasteiger partial charge on any atom is 0.327 e. The summed E-state index contributed by atoms with van der Waals surface area (Å²) in [5, 5.41) is 11.2. The Balaban J connectivity index is 2.34. The molecule has 1 unspecified atom stereocenters. The number of carbonyl (C=O) groups excluding carboxylic acids is 1. The number of nitrogens with one attached hydrogen (secondary N) is 1. The molecule has 0 aliphatic carbocycles. The number of hydrogen-bond donors (Lipinski definition) is 2. The molecule has 2 N–H and O–H groups in total. The number of halogens is 1. The Morgan fingerprint density at radius 3 is 2.60 bits per heavy atom. The van der Waals surface area contributed by atoms with E-state index in [0.717, 1.165) is 4.90 Å². The second-order valence-corrected chi connectivity index (χ2v) is 5.09. The van der Waals surface area contributed by atoms with Crippen molar-refractivity contribution in [1.82, 2.24) is 5.32 Å². The normalized spacial score (nSPS) is 11.4. The average molecular weight is 295 g/mol. The number of amides is 1. The molecule has 0 aliphatic rings. The molecule has 0 saturated carbocycles. The number of carbonyl (C=O) groups is 2. The highest BCUT2D eigenvalue weighted by Gasteiger charge is 2.18. The number of aliphatic carboxylic acids is 1. The number of benzene rings is 1. The molecule has 0 fully saturated rings. The molecular formula is C14H14FNO3S. The minimum absolute atomic E-state index is 0.0494. The third-order valence-corrected chi connectivity index (χ3v) is 3.38. The van der Waals surface area contributed by atoms with Crippen molar-refractivity contribution in [2.75, 3.05) is 5.75 Å². The first kappa shape index (κ1) is 16.1. The monoisotopic (exact) mass is 295 g/mol. The molecule has 1 aromatic rings. The topological polar surface area (TPSA) is 66.4 Å². The first-order valence-corrected chi connectivity index (χ1v) is 6.85. The predicted molar refractivity (Wildman–Crippen MR) is 74.8 cm³/mol. The minimum atomic E-state index is -1.15. The molecule has 0 saturated heterocycles. The predicted octanol–water partition coefficient (Wildman–Crippen LogP) is 1.90. The van der Waals surface area contributed by atoms with E-state index in [1.54, 1.807) is 12.1 Å². The fourth-order valence-electron chi connectivity index (χ4n) is 1.38. The second-order valence-electron chi connectivity index (χ2n) is 3.92. The Kier molecular flexibility index (Phi) is 6.60. The maximum atomic E-state index is 12.7. The smallest absolute Gasteiger partial charge is 0.327 e. The molecule has 106 valence electrons. The molecule has 1 amide bonds. The van der Waals surface area contributed by atoms with Crippen molar-refractivity contribution in [3.8, 4) is 12.3 Å². The molecule has 0 radical (unpaired) electrons. The first-order chi connectivity index (χ1) is 9.52. The fourth-order valence-corrected chi connectivity index (χ4v) is 2.23. The van der Waals surface area contributed by atoms with Gasteiger partial charge in [0.05, 0.1) is 0 Å². The number of terminal acetylenes is 1. The van der Waals surface area contributed by atoms with Crippen LogP contribution in [0, 0.1) is 18.2 Å². The van der Waals surface area contributed by atoms with Crippen LogP contribution in [0.5, 0.6) is 0 Å². The molecule has 0 bridgehead atoms. The zero-order valence-corrected chi connectivity index (χ0v) is 11.5. The molecule has 1 atom stereocenters. The van der Waals surface area contributed by atoms with Crippen LogP contribution < -0.4 is 5.32 Å². The zero-order valence-electron chi connectivity index (χ0n) is 10.6. The van der Waals surface area contributed by atoms with Gasteiger partial charge in [-0.2, -0.15) is 0 Å². The van der Waals surface area contributed by atoms with Gasteiger partial charge in [0.15, 0.2) is 0 Å². The van der Waals surface area contributed by atoms with Crippen LogP contribution in [0.1, 0.15) is 12.8 Å². The van der Waals surface area contributed by atoms with Crippen molar-refractivity contribution in [3.63, 3.8) is 0 Å². The van der Waals surface area contributed by atoms with E-state index in [4.69, 9.17) is 11.5 Å². The summed E-state index contributed by atoms with van der Waals surface area (Å²) in [4.78, 5) is 23.2. The van der Waals surface area contributed by atoms with Crippen LogP contribution in [-0.2, 0) is 9.59 Å². The van der Waals surface area contributed by atoms with Crippen molar-refractivity contribution in [2.24, 2.45) is 0 Å². The van der Waals surface area contributed by atoms with Gasteiger partial charge < -0.3 is 10.4 Å². The standard InChI is InChI=1S/C14H14FNO3S/c1-2-3-12(14(18)19)16-13(17)8-9-20-11-6-4-10(15)5-7-11/h1,4-7,12H,3,8-9H2,(H,16,17)(H,18,19). The van der Waals surface area contributed by atoms with Crippen LogP contribution >= 0.6 is 11.8 Å². The van der Waals surface area contributed by atoms with Crippen molar-refractivity contribution in [1.29, 1.82) is 0 Å². The van der Waals surface area contributed by atoms with Gasteiger partial charge in [0.1, 0.15) is 11.9 Å². The lowest BCUT2D eigenvalue weighted by atomic mass is 10.2. The summed E-state index contributed by atoms with van der Waals surface area (Å²) in [6.45, 7) is 0. The Labute approximate surface area is 120 Å². The lowest BCUT2D eigenvalue weighted by Gasteiger charge is -2.11. The summed E-state index contributed by atoms with van der Waals surface area (Å²) < 4.78 is 12.7. The summed E-state index contributed by atoms with van der Waals surface area (Å²) in [6, 6.07) is 4.88. The molecule has 20 heavy (non-hydrogen) atoms. The molecular weight excluding hydrogens is 281 g/mol. The molecule has 1 aromatic carbocycles. The highest BCUT2D eigenvalue weighted by atomic mass is 32.2. The highest BCUT2D eigenvalue weighted by molar-refractivity contribution is 7.99. The van der Waals surface area contributed by atoms with Gasteiger partial charge in [-0.3, -0.25) is 4.79 Å². The number of carboxylic acid groups (broad SMARTS) is 1. The van der Waals surface area contributed by atoms with Crippen molar-refractivity contribution in [2.45, 2.75) is 23.8 Å². The lowest BCUT2D eigenvalue weighted by Crippen LogP contribution is -2.40. The summed E-state index contributed by atoms with van der Waals surface area (Å²) in [5.74, 6) is 0.840. The number of thioether (sulfide) groups is 1. The molecule has 6 heteroatoms. The van der Waals surface area contributed by atoms with Gasteiger partial charge in [0.2, 0.25) is 5.91 Å². The first-order valence-electron chi connectivity index (χ1n) is 5.87.